The molecule has 1 aromatic heterocycles. The quantitative estimate of drug-likeness (QED) is 0.517. The summed E-state index contributed by atoms with van der Waals surface area (Å²) in [6, 6.07) is 12.8. The van der Waals surface area contributed by atoms with E-state index < -0.39 is 5.95 Å². The number of carbonyl (C=O) groups excluding carboxylic acids is 1. The second-order valence-corrected chi connectivity index (χ2v) is 6.95. The van der Waals surface area contributed by atoms with Gasteiger partial charge < -0.3 is 19.7 Å². The number of benzene rings is 2. The fourth-order valence-electron chi connectivity index (χ4n) is 2.63. The van der Waals surface area contributed by atoms with Gasteiger partial charge in [-0.15, -0.1) is 0 Å². The average molecular weight is 385 g/mol. The van der Waals surface area contributed by atoms with Crippen LogP contribution >= 0.6 is 11.8 Å². The maximum absolute atomic E-state index is 12.3. The summed E-state index contributed by atoms with van der Waals surface area (Å²) in [5, 5.41) is 18.8. The minimum atomic E-state index is -0.588. The van der Waals surface area contributed by atoms with Gasteiger partial charge in [0.25, 0.3) is 5.03 Å². The average Bonchev–Trinajstić information content (AvgIpc) is 3.00. The number of anilines is 1. The number of nitrogens with one attached hydrogen (secondary N) is 1. The van der Waals surface area contributed by atoms with Crippen LogP contribution in [0, 0.1) is 13.8 Å². The Morgan fingerprint density at radius 2 is 1.89 bits per heavy atom. The van der Waals surface area contributed by atoms with Crippen LogP contribution in [0.5, 0.6) is 11.7 Å². The third-order valence-electron chi connectivity index (χ3n) is 3.73. The number of aryl methyl sites for hydroxylation is 2. The lowest BCUT2D eigenvalue weighted by Crippen LogP contribution is -2.35. The first-order chi connectivity index (χ1) is 13.0. The number of methoxy groups -OCH3 is 1. The molecule has 0 spiro atoms. The molecule has 7 nitrogen and oxygen atoms in total. The molecule has 0 radical (unpaired) electrons. The minimum Gasteiger partial charge on any atom is -0.538 e. The molecule has 2 aromatic carbocycles. The highest BCUT2D eigenvalue weighted by molar-refractivity contribution is 7.99. The normalized spacial score (nSPS) is 10.6. The molecule has 0 saturated heterocycles. The minimum absolute atomic E-state index is 0.0552. The van der Waals surface area contributed by atoms with Crippen LogP contribution in [0.2, 0.25) is 0 Å². The van der Waals surface area contributed by atoms with Crippen molar-refractivity contribution in [1.82, 2.24) is 5.27 Å². The summed E-state index contributed by atoms with van der Waals surface area (Å²) >= 11 is 1.07. The smallest absolute Gasteiger partial charge is 0.298 e. The number of nitrogens with zero attached hydrogens (tertiary/aromatic N) is 2. The highest BCUT2D eigenvalue weighted by Gasteiger charge is 2.22. The molecule has 1 N–H and O–H groups in total. The van der Waals surface area contributed by atoms with Crippen LogP contribution in [0.1, 0.15) is 11.1 Å². The van der Waals surface area contributed by atoms with Crippen LogP contribution in [-0.4, -0.2) is 24.0 Å². The van der Waals surface area contributed by atoms with Gasteiger partial charge in [-0.25, -0.2) is 0 Å². The Hall–Kier alpha value is -3.00. The molecule has 140 valence electrons. The van der Waals surface area contributed by atoms with Crippen molar-refractivity contribution >= 4 is 23.4 Å². The summed E-state index contributed by atoms with van der Waals surface area (Å²) in [5.41, 5.74) is 3.50. The number of aromatic nitrogens is 2. The number of rotatable bonds is 6. The molecular weight excluding hydrogens is 366 g/mol. The Bertz CT molecular complexity index is 934. The molecule has 1 heterocycles. The Kier molecular flexibility index (Phi) is 5.66. The Morgan fingerprint density at radius 1 is 1.22 bits per heavy atom. The summed E-state index contributed by atoms with van der Waals surface area (Å²) in [4.78, 5) is 12.3. The summed E-state index contributed by atoms with van der Waals surface area (Å²) < 4.78 is 11.3. The van der Waals surface area contributed by atoms with Crippen LogP contribution in [0.4, 0.5) is 5.69 Å². The van der Waals surface area contributed by atoms with E-state index in [1.54, 1.807) is 31.4 Å². The van der Waals surface area contributed by atoms with Crippen molar-refractivity contribution in [2.75, 3.05) is 18.2 Å². The van der Waals surface area contributed by atoms with Gasteiger partial charge in [-0.1, -0.05) is 6.07 Å². The van der Waals surface area contributed by atoms with E-state index in [0.717, 1.165) is 28.6 Å². The fraction of sp³-hybridized carbons (Fsp3) is 0.211. The van der Waals surface area contributed by atoms with Crippen molar-refractivity contribution < 1.29 is 23.8 Å². The maximum Gasteiger partial charge on any atom is 0.298 e. The summed E-state index contributed by atoms with van der Waals surface area (Å²) in [5.74, 6) is -0.0614. The third kappa shape index (κ3) is 4.59. The zero-order valence-corrected chi connectivity index (χ0v) is 16.0. The second-order valence-electron chi connectivity index (χ2n) is 5.99. The summed E-state index contributed by atoms with van der Waals surface area (Å²) in [6.45, 7) is 3.94. The van der Waals surface area contributed by atoms with Crippen molar-refractivity contribution in [2.24, 2.45) is 0 Å². The van der Waals surface area contributed by atoms with Gasteiger partial charge in [0.15, 0.2) is 5.95 Å². The van der Waals surface area contributed by atoms with Crippen LogP contribution in [0.15, 0.2) is 52.0 Å². The van der Waals surface area contributed by atoms with E-state index in [2.05, 4.69) is 10.6 Å². The van der Waals surface area contributed by atoms with Crippen LogP contribution in [0.25, 0.3) is 5.69 Å². The summed E-state index contributed by atoms with van der Waals surface area (Å²) in [7, 11) is 1.57. The van der Waals surface area contributed by atoms with E-state index in [-0.39, 0.29) is 16.7 Å². The van der Waals surface area contributed by atoms with Crippen molar-refractivity contribution in [1.29, 1.82) is 0 Å². The van der Waals surface area contributed by atoms with Crippen molar-refractivity contribution in [3.05, 3.63) is 53.6 Å². The monoisotopic (exact) mass is 385 g/mol. The van der Waals surface area contributed by atoms with Gasteiger partial charge >= 0.3 is 0 Å². The van der Waals surface area contributed by atoms with Gasteiger partial charge in [0.2, 0.25) is 11.6 Å². The number of hydrogen-bond donors (Lipinski definition) is 1. The van der Waals surface area contributed by atoms with Gasteiger partial charge in [-0.3, -0.25) is 4.79 Å². The van der Waals surface area contributed by atoms with Gasteiger partial charge in [0.05, 0.1) is 18.1 Å². The maximum atomic E-state index is 12.3. The molecule has 0 bridgehead atoms. The zero-order chi connectivity index (χ0) is 19.4. The van der Waals surface area contributed by atoms with Crippen LogP contribution in [-0.2, 0) is 4.79 Å². The predicted molar refractivity (Wildman–Crippen MR) is 99.3 cm³/mol. The Balaban J connectivity index is 1.70. The molecule has 0 saturated carbocycles. The number of amides is 1. The molecular formula is C19H19N3O4S. The highest BCUT2D eigenvalue weighted by atomic mass is 32.2. The van der Waals surface area contributed by atoms with Crippen molar-refractivity contribution in [3.63, 3.8) is 0 Å². The largest absolute Gasteiger partial charge is 0.538 e. The first kappa shape index (κ1) is 18.8. The van der Waals surface area contributed by atoms with Crippen LogP contribution in [0.3, 0.4) is 0 Å². The number of ether oxygens (including phenoxy) is 1. The molecule has 1 amide bonds. The van der Waals surface area contributed by atoms with Gasteiger partial charge in [0, 0.05) is 17.8 Å². The number of carbonyl (C=O) groups is 1. The standard InChI is InChI=1S/C19H19N3O4S/c1-12-8-13(2)10-14(9-12)20-17(23)11-27-18-19(24)26-21-22(18)15-4-6-16(25-3)7-5-15/h4-10H,11H2,1-3H3,(H-,20,21,23,24). The zero-order valence-electron chi connectivity index (χ0n) is 15.2. The lowest BCUT2D eigenvalue weighted by molar-refractivity contribution is -0.705. The number of hydrogen-bond acceptors (Lipinski definition) is 6. The SMILES string of the molecule is COc1ccc(-[n+]2noc([O-])c2SCC(=O)Nc2cc(C)cc(C)c2)cc1. The third-order valence-corrected chi connectivity index (χ3v) is 4.75. The molecule has 0 atom stereocenters. The molecule has 27 heavy (non-hydrogen) atoms. The molecule has 0 aliphatic rings. The first-order valence-electron chi connectivity index (χ1n) is 8.20. The topological polar surface area (TPSA) is 91.3 Å². The second kappa shape index (κ2) is 8.13. The van der Waals surface area contributed by atoms with E-state index in [0.29, 0.717) is 11.4 Å². The molecule has 0 aliphatic heterocycles. The number of thioether (sulfide) groups is 1. The van der Waals surface area contributed by atoms with E-state index in [9.17, 15) is 9.90 Å². The Labute approximate surface area is 160 Å². The fourth-order valence-corrected chi connectivity index (χ4v) is 3.38. The van der Waals surface area contributed by atoms with E-state index >= 15 is 0 Å². The lowest BCUT2D eigenvalue weighted by atomic mass is 10.1. The van der Waals surface area contributed by atoms with Gasteiger partial charge in [-0.2, -0.15) is 0 Å². The molecule has 3 rings (SSSR count). The lowest BCUT2D eigenvalue weighted by Gasteiger charge is -2.07. The highest BCUT2D eigenvalue weighted by Crippen LogP contribution is 2.24. The van der Waals surface area contributed by atoms with Crippen molar-refractivity contribution in [3.8, 4) is 17.4 Å². The van der Waals surface area contributed by atoms with Crippen LogP contribution < -0.4 is 19.8 Å². The van der Waals surface area contributed by atoms with Gasteiger partial charge in [0.1, 0.15) is 5.75 Å². The molecule has 8 heteroatoms. The van der Waals surface area contributed by atoms with E-state index in [1.807, 2.05) is 32.0 Å². The first-order valence-corrected chi connectivity index (χ1v) is 9.19. The Morgan fingerprint density at radius 3 is 2.52 bits per heavy atom. The molecule has 0 aliphatic carbocycles. The van der Waals surface area contributed by atoms with Crippen molar-refractivity contribution in [2.45, 2.75) is 18.9 Å². The van der Waals surface area contributed by atoms with E-state index in [1.165, 1.54) is 4.68 Å². The molecule has 3 aromatic rings. The van der Waals surface area contributed by atoms with E-state index in [4.69, 9.17) is 9.26 Å². The molecule has 0 fully saturated rings. The molecule has 0 unspecified atom stereocenters. The predicted octanol–water partition coefficient (Wildman–Crippen LogP) is 2.38. The summed E-state index contributed by atoms with van der Waals surface area (Å²) in [6.07, 6.45) is 0. The van der Waals surface area contributed by atoms with Gasteiger partial charge in [-0.05, 0) is 65.7 Å².